The average Bonchev–Trinajstić information content (AvgIpc) is 3.72. The Hall–Kier alpha value is -4.11. The number of benzene rings is 2. The molecule has 2 amide bonds. The van der Waals surface area contributed by atoms with Gasteiger partial charge in [-0.25, -0.2) is 9.78 Å². The summed E-state index contributed by atoms with van der Waals surface area (Å²) in [5, 5.41) is 6.27. The number of hydrogen-bond acceptors (Lipinski definition) is 7. The lowest BCUT2D eigenvalue weighted by atomic mass is 9.98. The van der Waals surface area contributed by atoms with E-state index in [2.05, 4.69) is 33.7 Å². The van der Waals surface area contributed by atoms with Gasteiger partial charge >= 0.3 is 6.09 Å². The number of likely N-dealkylation sites (tertiary alicyclic amines) is 1. The smallest absolute Gasteiger partial charge is 0.410 e. The molecule has 3 fully saturated rings. The van der Waals surface area contributed by atoms with Crippen LogP contribution >= 0.6 is 0 Å². The van der Waals surface area contributed by atoms with Crippen molar-refractivity contribution in [3.63, 3.8) is 0 Å². The highest BCUT2D eigenvalue weighted by atomic mass is 16.6. The maximum absolute atomic E-state index is 12.6. The van der Waals surface area contributed by atoms with Crippen molar-refractivity contribution >= 4 is 23.5 Å². The second-order valence-electron chi connectivity index (χ2n) is 11.1. The minimum Gasteiger partial charge on any atom is -0.484 e. The molecular weight excluding hydrogens is 518 g/mol. The summed E-state index contributed by atoms with van der Waals surface area (Å²) >= 11 is 0. The standard InChI is InChI=1S/C32H37N5O4/c1-22-24(7-14-30(33-22)34-25-10-12-28(13-11-25)40-21-31(38)35-26-8-9-26)19-36-17-15-27(16-18-36)37-29(20-41-32(37)39)23-5-3-2-4-6-23/h2-7,10-14,26-27,29H,8-9,15-21H2,1H3,(H,33,34)(H,35,38)/t29-/m0/s1. The number of piperidine rings is 1. The minimum absolute atomic E-state index is 0.00563. The molecule has 1 atom stereocenters. The number of carbonyl (C=O) groups excluding carboxylic acids is 2. The predicted molar refractivity (Wildman–Crippen MR) is 156 cm³/mol. The Balaban J connectivity index is 0.988. The van der Waals surface area contributed by atoms with Crippen LogP contribution in [0.1, 0.15) is 48.5 Å². The van der Waals surface area contributed by atoms with Crippen molar-refractivity contribution in [1.29, 1.82) is 0 Å². The number of hydrogen-bond donors (Lipinski definition) is 2. The quantitative estimate of drug-likeness (QED) is 0.366. The van der Waals surface area contributed by atoms with Gasteiger partial charge in [0.05, 0.1) is 6.04 Å². The number of nitrogens with zero attached hydrogens (tertiary/aromatic N) is 3. The third kappa shape index (κ3) is 6.79. The van der Waals surface area contributed by atoms with Crippen LogP contribution in [-0.2, 0) is 16.1 Å². The zero-order valence-electron chi connectivity index (χ0n) is 23.4. The van der Waals surface area contributed by atoms with Crippen molar-refractivity contribution < 1.29 is 19.1 Å². The highest BCUT2D eigenvalue weighted by Crippen LogP contribution is 2.33. The van der Waals surface area contributed by atoms with Gasteiger partial charge in [0.2, 0.25) is 0 Å². The summed E-state index contributed by atoms with van der Waals surface area (Å²) in [4.78, 5) is 33.6. The van der Waals surface area contributed by atoms with E-state index in [1.165, 1.54) is 5.56 Å². The number of cyclic esters (lactones) is 1. The normalized spacial score (nSPS) is 19.6. The lowest BCUT2D eigenvalue weighted by molar-refractivity contribution is -0.123. The van der Waals surface area contributed by atoms with Crippen molar-refractivity contribution in [2.24, 2.45) is 0 Å². The summed E-state index contributed by atoms with van der Waals surface area (Å²) in [5.74, 6) is 1.36. The van der Waals surface area contributed by atoms with Crippen LogP contribution in [0.15, 0.2) is 66.7 Å². The summed E-state index contributed by atoms with van der Waals surface area (Å²) in [6.07, 6.45) is 3.78. The number of rotatable bonds is 10. The number of ether oxygens (including phenoxy) is 2. The Bertz CT molecular complexity index is 1350. The lowest BCUT2D eigenvalue weighted by Gasteiger charge is -2.38. The van der Waals surface area contributed by atoms with Gasteiger partial charge in [-0.15, -0.1) is 0 Å². The Morgan fingerprint density at radius 3 is 2.46 bits per heavy atom. The molecule has 1 aliphatic carbocycles. The number of amides is 2. The highest BCUT2D eigenvalue weighted by Gasteiger charge is 2.40. The molecule has 2 aromatic carbocycles. The van der Waals surface area contributed by atoms with Crippen LogP contribution in [0.2, 0.25) is 0 Å². The first kappa shape index (κ1) is 27.1. The van der Waals surface area contributed by atoms with Gasteiger partial charge in [0, 0.05) is 43.1 Å². The van der Waals surface area contributed by atoms with Gasteiger partial charge in [0.1, 0.15) is 18.2 Å². The number of nitrogens with one attached hydrogen (secondary N) is 2. The number of carbonyl (C=O) groups is 2. The van der Waals surface area contributed by atoms with Crippen LogP contribution in [0.25, 0.3) is 0 Å². The topological polar surface area (TPSA) is 96.0 Å². The van der Waals surface area contributed by atoms with E-state index in [0.29, 0.717) is 18.4 Å². The van der Waals surface area contributed by atoms with Crippen molar-refractivity contribution in [3.05, 3.63) is 83.6 Å². The number of aryl methyl sites for hydroxylation is 1. The molecule has 1 saturated carbocycles. The first-order valence-corrected chi connectivity index (χ1v) is 14.5. The van der Waals surface area contributed by atoms with Crippen LogP contribution in [0.3, 0.4) is 0 Å². The molecule has 0 radical (unpaired) electrons. The molecule has 1 aromatic heterocycles. The van der Waals surface area contributed by atoms with E-state index in [-0.39, 0.29) is 30.7 Å². The molecule has 9 nitrogen and oxygen atoms in total. The fraction of sp³-hybridized carbons (Fsp3) is 0.406. The largest absolute Gasteiger partial charge is 0.484 e. The van der Waals surface area contributed by atoms with Crippen LogP contribution in [-0.4, -0.2) is 65.2 Å². The first-order chi connectivity index (χ1) is 20.0. The van der Waals surface area contributed by atoms with Gasteiger partial charge in [-0.1, -0.05) is 36.4 Å². The average molecular weight is 556 g/mol. The van der Waals surface area contributed by atoms with Crippen LogP contribution in [0.5, 0.6) is 5.75 Å². The zero-order valence-corrected chi connectivity index (χ0v) is 23.4. The van der Waals surface area contributed by atoms with Crippen LogP contribution < -0.4 is 15.4 Å². The molecule has 0 spiro atoms. The molecule has 0 unspecified atom stereocenters. The van der Waals surface area contributed by atoms with Gasteiger partial charge in [-0.3, -0.25) is 14.6 Å². The summed E-state index contributed by atoms with van der Waals surface area (Å²) < 4.78 is 11.0. The molecule has 9 heteroatoms. The fourth-order valence-electron chi connectivity index (χ4n) is 5.62. The fourth-order valence-corrected chi connectivity index (χ4v) is 5.62. The van der Waals surface area contributed by atoms with E-state index in [1.54, 1.807) is 0 Å². The molecule has 3 aliphatic rings. The van der Waals surface area contributed by atoms with E-state index in [0.717, 1.165) is 68.1 Å². The van der Waals surface area contributed by atoms with Crippen molar-refractivity contribution in [2.75, 3.05) is 31.6 Å². The van der Waals surface area contributed by atoms with E-state index in [9.17, 15) is 9.59 Å². The van der Waals surface area contributed by atoms with E-state index in [4.69, 9.17) is 14.5 Å². The number of aromatic nitrogens is 1. The van der Waals surface area contributed by atoms with Gasteiger partial charge in [-0.05, 0) is 74.1 Å². The zero-order chi connectivity index (χ0) is 28.2. The van der Waals surface area contributed by atoms with Crippen molar-refractivity contribution in [2.45, 2.75) is 57.3 Å². The molecule has 2 aliphatic heterocycles. The second-order valence-corrected chi connectivity index (χ2v) is 11.1. The molecule has 6 rings (SSSR count). The molecule has 0 bridgehead atoms. The molecule has 3 heterocycles. The third-order valence-electron chi connectivity index (χ3n) is 8.07. The SMILES string of the molecule is Cc1nc(Nc2ccc(OCC(=O)NC3CC3)cc2)ccc1CN1CCC(N2C(=O)OC[C@H]2c2ccccc2)CC1. The van der Waals surface area contributed by atoms with E-state index < -0.39 is 0 Å². The maximum Gasteiger partial charge on any atom is 0.410 e. The number of anilines is 2. The molecule has 2 saturated heterocycles. The van der Waals surface area contributed by atoms with E-state index >= 15 is 0 Å². The van der Waals surface area contributed by atoms with Crippen LogP contribution in [0, 0.1) is 6.92 Å². The molecular formula is C32H37N5O4. The first-order valence-electron chi connectivity index (χ1n) is 14.5. The number of pyridine rings is 1. The summed E-state index contributed by atoms with van der Waals surface area (Å²) in [5.41, 5.74) is 4.22. The van der Waals surface area contributed by atoms with E-state index in [1.807, 2.05) is 60.4 Å². The van der Waals surface area contributed by atoms with Crippen molar-refractivity contribution in [1.82, 2.24) is 20.1 Å². The highest BCUT2D eigenvalue weighted by molar-refractivity contribution is 5.78. The van der Waals surface area contributed by atoms with Gasteiger partial charge < -0.3 is 20.1 Å². The summed E-state index contributed by atoms with van der Waals surface area (Å²) in [6, 6.07) is 22.4. The van der Waals surface area contributed by atoms with Crippen LogP contribution in [0.4, 0.5) is 16.3 Å². The maximum atomic E-state index is 12.6. The third-order valence-corrected chi connectivity index (χ3v) is 8.07. The van der Waals surface area contributed by atoms with Gasteiger partial charge in [0.25, 0.3) is 5.91 Å². The molecule has 2 N–H and O–H groups in total. The Morgan fingerprint density at radius 2 is 1.76 bits per heavy atom. The summed E-state index contributed by atoms with van der Waals surface area (Å²) in [6.45, 7) is 5.17. The molecule has 41 heavy (non-hydrogen) atoms. The second kappa shape index (κ2) is 12.2. The Kier molecular flexibility index (Phi) is 8.04. The Labute approximate surface area is 240 Å². The lowest BCUT2D eigenvalue weighted by Crippen LogP contribution is -2.46. The monoisotopic (exact) mass is 555 g/mol. The van der Waals surface area contributed by atoms with Gasteiger partial charge in [-0.2, -0.15) is 0 Å². The summed E-state index contributed by atoms with van der Waals surface area (Å²) in [7, 11) is 0. The van der Waals surface area contributed by atoms with Crippen molar-refractivity contribution in [3.8, 4) is 5.75 Å². The molecule has 3 aromatic rings. The predicted octanol–water partition coefficient (Wildman–Crippen LogP) is 4.95. The Morgan fingerprint density at radius 1 is 1.00 bits per heavy atom. The van der Waals surface area contributed by atoms with Gasteiger partial charge in [0.15, 0.2) is 6.61 Å². The molecule has 214 valence electrons. The minimum atomic E-state index is -0.195.